The Labute approximate surface area is 176 Å². The van der Waals surface area contributed by atoms with E-state index in [4.69, 9.17) is 23.2 Å². The normalized spacial score (nSPS) is 11.3. The average molecular weight is 423 g/mol. The highest BCUT2D eigenvalue weighted by Crippen LogP contribution is 2.33. The Morgan fingerprint density at radius 2 is 1.83 bits per heavy atom. The van der Waals surface area contributed by atoms with Crippen molar-refractivity contribution >= 4 is 46.0 Å². The Morgan fingerprint density at radius 1 is 1.03 bits per heavy atom. The standard InChI is InChI=1S/C23H13Cl2FN2O/c24-15-4-6-21-17(12-15)23(14-8-10-27-11-9-14)18(13-28-21)22(29)7-5-16-19(25)2-1-3-20(16)26/h1-13H. The summed E-state index contributed by atoms with van der Waals surface area (Å²) in [5, 5.41) is 1.51. The highest BCUT2D eigenvalue weighted by atomic mass is 35.5. The highest BCUT2D eigenvalue weighted by Gasteiger charge is 2.16. The number of hydrogen-bond acceptors (Lipinski definition) is 3. The summed E-state index contributed by atoms with van der Waals surface area (Å²) in [4.78, 5) is 21.5. The first kappa shape index (κ1) is 19.2. The lowest BCUT2D eigenvalue weighted by atomic mass is 9.94. The van der Waals surface area contributed by atoms with Gasteiger partial charge in [-0.15, -0.1) is 0 Å². The lowest BCUT2D eigenvalue weighted by Crippen LogP contribution is -2.01. The molecule has 0 amide bonds. The van der Waals surface area contributed by atoms with E-state index in [-0.39, 0.29) is 16.4 Å². The molecule has 2 heterocycles. The lowest BCUT2D eigenvalue weighted by molar-refractivity contribution is 0.104. The van der Waals surface area contributed by atoms with Gasteiger partial charge in [0.15, 0.2) is 5.78 Å². The molecule has 0 spiro atoms. The summed E-state index contributed by atoms with van der Waals surface area (Å²) >= 11 is 12.2. The van der Waals surface area contributed by atoms with E-state index >= 15 is 0 Å². The first-order chi connectivity index (χ1) is 14.0. The van der Waals surface area contributed by atoms with Crippen molar-refractivity contribution in [1.82, 2.24) is 9.97 Å². The number of carbonyl (C=O) groups excluding carboxylic acids is 1. The quantitative estimate of drug-likeness (QED) is 0.273. The number of pyridine rings is 2. The zero-order valence-corrected chi connectivity index (χ0v) is 16.5. The van der Waals surface area contributed by atoms with E-state index in [1.807, 2.05) is 12.1 Å². The van der Waals surface area contributed by atoms with Gasteiger partial charge < -0.3 is 0 Å². The number of ketones is 1. The Balaban J connectivity index is 1.87. The van der Waals surface area contributed by atoms with Gasteiger partial charge in [0.1, 0.15) is 5.82 Å². The summed E-state index contributed by atoms with van der Waals surface area (Å²) in [6.07, 6.45) is 7.48. The van der Waals surface area contributed by atoms with Gasteiger partial charge in [0, 0.05) is 45.7 Å². The zero-order valence-electron chi connectivity index (χ0n) is 14.9. The molecule has 0 saturated carbocycles. The van der Waals surface area contributed by atoms with E-state index < -0.39 is 5.82 Å². The molecule has 0 radical (unpaired) electrons. The van der Waals surface area contributed by atoms with Crippen LogP contribution in [0.2, 0.25) is 10.0 Å². The molecular formula is C23H13Cl2FN2O. The summed E-state index contributed by atoms with van der Waals surface area (Å²) in [6, 6.07) is 13.3. The van der Waals surface area contributed by atoms with Crippen molar-refractivity contribution in [3.8, 4) is 11.1 Å². The molecule has 0 saturated heterocycles. The molecule has 29 heavy (non-hydrogen) atoms. The predicted molar refractivity (Wildman–Crippen MR) is 115 cm³/mol. The van der Waals surface area contributed by atoms with Crippen LogP contribution in [0.4, 0.5) is 4.39 Å². The smallest absolute Gasteiger partial charge is 0.188 e. The van der Waals surface area contributed by atoms with Crippen LogP contribution < -0.4 is 0 Å². The molecule has 142 valence electrons. The average Bonchev–Trinajstić information content (AvgIpc) is 2.73. The van der Waals surface area contributed by atoms with E-state index in [0.717, 1.165) is 10.9 Å². The van der Waals surface area contributed by atoms with E-state index in [9.17, 15) is 9.18 Å². The number of aromatic nitrogens is 2. The SMILES string of the molecule is O=C(C=Cc1c(F)cccc1Cl)c1cnc2ccc(Cl)cc2c1-c1ccncc1. The minimum absolute atomic E-state index is 0.157. The molecule has 0 fully saturated rings. The van der Waals surface area contributed by atoms with Gasteiger partial charge in [-0.2, -0.15) is 0 Å². The van der Waals surface area contributed by atoms with Gasteiger partial charge in [0.05, 0.1) is 10.5 Å². The van der Waals surface area contributed by atoms with Crippen LogP contribution in [0.15, 0.2) is 73.2 Å². The van der Waals surface area contributed by atoms with E-state index in [1.165, 1.54) is 30.5 Å². The monoisotopic (exact) mass is 422 g/mol. The topological polar surface area (TPSA) is 42.9 Å². The lowest BCUT2D eigenvalue weighted by Gasteiger charge is -2.11. The number of nitrogens with zero attached hydrogens (tertiary/aromatic N) is 2. The van der Waals surface area contributed by atoms with Crippen molar-refractivity contribution in [3.63, 3.8) is 0 Å². The summed E-state index contributed by atoms with van der Waals surface area (Å²) in [7, 11) is 0. The molecule has 0 atom stereocenters. The molecule has 2 aromatic heterocycles. The summed E-state index contributed by atoms with van der Waals surface area (Å²) in [5.74, 6) is -0.829. The van der Waals surface area contributed by atoms with Crippen LogP contribution in [-0.2, 0) is 0 Å². The third kappa shape index (κ3) is 3.90. The second-order valence-electron chi connectivity index (χ2n) is 6.28. The molecule has 6 heteroatoms. The molecule has 4 aromatic rings. The fraction of sp³-hybridized carbons (Fsp3) is 0. The van der Waals surface area contributed by atoms with Crippen molar-refractivity contribution in [2.45, 2.75) is 0 Å². The molecule has 0 N–H and O–H groups in total. The van der Waals surface area contributed by atoms with Gasteiger partial charge in [-0.3, -0.25) is 14.8 Å². The summed E-state index contributed by atoms with van der Waals surface area (Å²) in [5.41, 5.74) is 2.72. The van der Waals surface area contributed by atoms with Gasteiger partial charge in [-0.25, -0.2) is 4.39 Å². The van der Waals surface area contributed by atoms with E-state index in [1.54, 1.807) is 36.7 Å². The summed E-state index contributed by atoms with van der Waals surface area (Å²) < 4.78 is 14.0. The molecule has 0 unspecified atom stereocenters. The predicted octanol–water partition coefficient (Wildman–Crippen LogP) is 6.64. The second kappa shape index (κ2) is 8.11. The highest BCUT2D eigenvalue weighted by molar-refractivity contribution is 6.32. The largest absolute Gasteiger partial charge is 0.289 e. The van der Waals surface area contributed by atoms with Crippen LogP contribution in [0.5, 0.6) is 0 Å². The van der Waals surface area contributed by atoms with Gasteiger partial charge >= 0.3 is 0 Å². The van der Waals surface area contributed by atoms with Crippen LogP contribution in [0.3, 0.4) is 0 Å². The number of carbonyl (C=O) groups is 1. The zero-order chi connectivity index (χ0) is 20.4. The Bertz CT molecular complexity index is 1240. The van der Waals surface area contributed by atoms with Crippen molar-refractivity contribution < 1.29 is 9.18 Å². The fourth-order valence-electron chi connectivity index (χ4n) is 3.10. The van der Waals surface area contributed by atoms with Crippen molar-refractivity contribution in [1.29, 1.82) is 0 Å². The number of fused-ring (bicyclic) bond motifs is 1. The van der Waals surface area contributed by atoms with Crippen LogP contribution in [0.25, 0.3) is 28.1 Å². The van der Waals surface area contributed by atoms with Crippen LogP contribution in [-0.4, -0.2) is 15.8 Å². The van der Waals surface area contributed by atoms with E-state index in [0.29, 0.717) is 21.7 Å². The minimum Gasteiger partial charge on any atom is -0.289 e. The van der Waals surface area contributed by atoms with Gasteiger partial charge in [-0.05, 0) is 60.2 Å². The maximum absolute atomic E-state index is 14.0. The molecule has 4 rings (SSSR count). The van der Waals surface area contributed by atoms with E-state index in [2.05, 4.69) is 9.97 Å². The molecule has 3 nitrogen and oxygen atoms in total. The first-order valence-corrected chi connectivity index (χ1v) is 9.45. The number of benzene rings is 2. The molecule has 0 aliphatic rings. The number of rotatable bonds is 4. The number of halogens is 3. The van der Waals surface area contributed by atoms with Crippen molar-refractivity contribution in [2.24, 2.45) is 0 Å². The van der Waals surface area contributed by atoms with Gasteiger partial charge in [0.25, 0.3) is 0 Å². The molecule has 0 bridgehead atoms. The maximum Gasteiger partial charge on any atom is 0.188 e. The van der Waals surface area contributed by atoms with Gasteiger partial charge in [0.2, 0.25) is 0 Å². The van der Waals surface area contributed by atoms with Crippen LogP contribution >= 0.6 is 23.2 Å². The maximum atomic E-state index is 14.0. The minimum atomic E-state index is -0.501. The van der Waals surface area contributed by atoms with Crippen molar-refractivity contribution in [2.75, 3.05) is 0 Å². The molecule has 2 aromatic carbocycles. The first-order valence-electron chi connectivity index (χ1n) is 8.69. The second-order valence-corrected chi connectivity index (χ2v) is 7.12. The van der Waals surface area contributed by atoms with Gasteiger partial charge in [-0.1, -0.05) is 29.3 Å². The molecule has 0 aliphatic heterocycles. The van der Waals surface area contributed by atoms with Crippen LogP contribution in [0.1, 0.15) is 15.9 Å². The Kier molecular flexibility index (Phi) is 5.38. The third-order valence-corrected chi connectivity index (χ3v) is 5.03. The summed E-state index contributed by atoms with van der Waals surface area (Å²) in [6.45, 7) is 0. The molecule has 0 aliphatic carbocycles. The Morgan fingerprint density at radius 3 is 2.59 bits per heavy atom. The van der Waals surface area contributed by atoms with Crippen LogP contribution in [0, 0.1) is 5.82 Å². The third-order valence-electron chi connectivity index (χ3n) is 4.47. The van der Waals surface area contributed by atoms with Crippen molar-refractivity contribution in [3.05, 3.63) is 100 Å². The Hall–Kier alpha value is -3.08. The number of allylic oxidation sites excluding steroid dienone is 1. The fourth-order valence-corrected chi connectivity index (χ4v) is 3.50. The molecular weight excluding hydrogens is 410 g/mol. The number of hydrogen-bond donors (Lipinski definition) is 0.